The molecule has 5 nitrogen and oxygen atoms in total. The van der Waals surface area contributed by atoms with Crippen molar-refractivity contribution in [2.75, 3.05) is 27.2 Å². The summed E-state index contributed by atoms with van der Waals surface area (Å²) in [6.45, 7) is 5.07. The highest BCUT2D eigenvalue weighted by Crippen LogP contribution is 2.20. The molecule has 0 spiro atoms. The Labute approximate surface area is 191 Å². The van der Waals surface area contributed by atoms with Crippen molar-refractivity contribution < 1.29 is 4.79 Å². The lowest BCUT2D eigenvalue weighted by Gasteiger charge is -2.25. The maximum atomic E-state index is 12.0. The number of guanidine groups is 1. The van der Waals surface area contributed by atoms with E-state index in [9.17, 15) is 4.79 Å². The summed E-state index contributed by atoms with van der Waals surface area (Å²) in [4.78, 5) is 16.3. The molecule has 0 aliphatic rings. The number of nitrogens with one attached hydrogen (secondary N) is 3. The lowest BCUT2D eigenvalue weighted by atomic mass is 9.92. The maximum absolute atomic E-state index is 12.0. The molecule has 0 radical (unpaired) electrons. The zero-order chi connectivity index (χ0) is 20.4. The van der Waals surface area contributed by atoms with Gasteiger partial charge in [0.25, 0.3) is 0 Å². The van der Waals surface area contributed by atoms with Gasteiger partial charge in [0.05, 0.1) is 5.41 Å². The number of aliphatic imine (C=N–C) groups is 1. The van der Waals surface area contributed by atoms with Crippen LogP contribution in [0, 0.1) is 5.41 Å². The smallest absolute Gasteiger partial charge is 0.227 e. The van der Waals surface area contributed by atoms with Crippen molar-refractivity contribution in [1.29, 1.82) is 0 Å². The van der Waals surface area contributed by atoms with E-state index in [4.69, 9.17) is 0 Å². The fourth-order valence-electron chi connectivity index (χ4n) is 3.10. The van der Waals surface area contributed by atoms with Crippen LogP contribution in [0.3, 0.4) is 0 Å². The van der Waals surface area contributed by atoms with Crippen molar-refractivity contribution in [3.63, 3.8) is 0 Å². The Bertz CT molecular complexity index is 763. The van der Waals surface area contributed by atoms with Gasteiger partial charge in [0, 0.05) is 33.1 Å². The minimum atomic E-state index is -0.519. The van der Waals surface area contributed by atoms with Crippen LogP contribution in [0.15, 0.2) is 65.7 Å². The number of hydrogen-bond acceptors (Lipinski definition) is 2. The van der Waals surface area contributed by atoms with Crippen LogP contribution in [-0.2, 0) is 11.2 Å². The van der Waals surface area contributed by atoms with Crippen LogP contribution in [0.25, 0.3) is 0 Å². The first-order chi connectivity index (χ1) is 13.5. The van der Waals surface area contributed by atoms with Crippen LogP contribution in [-0.4, -0.2) is 39.1 Å². The lowest BCUT2D eigenvalue weighted by Crippen LogP contribution is -2.47. The van der Waals surface area contributed by atoms with Gasteiger partial charge in [-0.05, 0) is 31.4 Å². The SMILES string of the molecule is CN=C(NCC(Cc1ccccc1)c1ccccc1)NCC(C)(C)C(=O)NC.I. The quantitative estimate of drug-likeness (QED) is 0.290. The van der Waals surface area contributed by atoms with Crippen LogP contribution >= 0.6 is 24.0 Å². The van der Waals surface area contributed by atoms with Gasteiger partial charge in [-0.3, -0.25) is 9.79 Å². The van der Waals surface area contributed by atoms with Crippen molar-refractivity contribution in [3.05, 3.63) is 71.8 Å². The van der Waals surface area contributed by atoms with E-state index in [0.29, 0.717) is 18.4 Å². The summed E-state index contributed by atoms with van der Waals surface area (Å²) in [5, 5.41) is 9.41. The zero-order valence-corrected chi connectivity index (χ0v) is 20.1. The Morgan fingerprint density at radius 2 is 1.59 bits per heavy atom. The number of hydrogen-bond donors (Lipinski definition) is 3. The lowest BCUT2D eigenvalue weighted by molar-refractivity contribution is -0.128. The predicted molar refractivity (Wildman–Crippen MR) is 132 cm³/mol. The Kier molecular flexibility index (Phi) is 10.7. The molecule has 0 saturated carbocycles. The van der Waals surface area contributed by atoms with Crippen molar-refractivity contribution >= 4 is 35.8 Å². The van der Waals surface area contributed by atoms with Gasteiger partial charge in [-0.1, -0.05) is 60.7 Å². The van der Waals surface area contributed by atoms with Crippen molar-refractivity contribution in [3.8, 4) is 0 Å². The van der Waals surface area contributed by atoms with E-state index in [1.54, 1.807) is 14.1 Å². The third kappa shape index (κ3) is 8.04. The van der Waals surface area contributed by atoms with Gasteiger partial charge in [0.15, 0.2) is 5.96 Å². The normalized spacial score (nSPS) is 12.5. The minimum Gasteiger partial charge on any atom is -0.359 e. The second kappa shape index (κ2) is 12.5. The third-order valence-electron chi connectivity index (χ3n) is 4.87. The Balaban J connectivity index is 0.00000420. The molecule has 0 aliphatic heterocycles. The highest BCUT2D eigenvalue weighted by molar-refractivity contribution is 14.0. The van der Waals surface area contributed by atoms with E-state index in [1.165, 1.54) is 11.1 Å². The third-order valence-corrected chi connectivity index (χ3v) is 4.87. The first-order valence-corrected chi connectivity index (χ1v) is 9.72. The molecular weight excluding hydrogens is 475 g/mol. The fraction of sp³-hybridized carbons (Fsp3) is 0.391. The summed E-state index contributed by atoms with van der Waals surface area (Å²) < 4.78 is 0. The molecule has 0 aromatic heterocycles. The van der Waals surface area contributed by atoms with E-state index in [0.717, 1.165) is 13.0 Å². The Hall–Kier alpha value is -2.09. The van der Waals surface area contributed by atoms with Gasteiger partial charge in [0.2, 0.25) is 5.91 Å². The number of amides is 1. The summed E-state index contributed by atoms with van der Waals surface area (Å²) in [6.07, 6.45) is 0.943. The molecule has 29 heavy (non-hydrogen) atoms. The molecule has 0 bridgehead atoms. The molecule has 3 N–H and O–H groups in total. The van der Waals surface area contributed by atoms with E-state index in [1.807, 2.05) is 26.0 Å². The summed E-state index contributed by atoms with van der Waals surface area (Å²) >= 11 is 0. The molecule has 2 rings (SSSR count). The molecule has 1 amide bonds. The maximum Gasteiger partial charge on any atom is 0.227 e. The zero-order valence-electron chi connectivity index (χ0n) is 17.7. The molecule has 158 valence electrons. The Morgan fingerprint density at radius 1 is 1.00 bits per heavy atom. The molecule has 0 aliphatic carbocycles. The van der Waals surface area contributed by atoms with Crippen LogP contribution in [0.4, 0.5) is 0 Å². The molecule has 0 saturated heterocycles. The Morgan fingerprint density at radius 3 is 2.14 bits per heavy atom. The van der Waals surface area contributed by atoms with E-state index < -0.39 is 5.41 Å². The van der Waals surface area contributed by atoms with Gasteiger partial charge < -0.3 is 16.0 Å². The number of carbonyl (C=O) groups is 1. The van der Waals surface area contributed by atoms with Crippen LogP contribution < -0.4 is 16.0 Å². The standard InChI is InChI=1S/C23H32N4O.HI/c1-23(2,21(28)24-3)17-27-22(25-4)26-16-20(19-13-9-6-10-14-19)15-18-11-7-5-8-12-18;/h5-14,20H,15-17H2,1-4H3,(H,24,28)(H2,25,26,27);1H. The average Bonchev–Trinajstić information content (AvgIpc) is 2.73. The van der Waals surface area contributed by atoms with Gasteiger partial charge in [-0.2, -0.15) is 0 Å². The number of halogens is 1. The number of carbonyl (C=O) groups excluding carboxylic acids is 1. The van der Waals surface area contributed by atoms with Crippen molar-refractivity contribution in [2.45, 2.75) is 26.2 Å². The second-order valence-corrected chi connectivity index (χ2v) is 7.57. The first-order valence-electron chi connectivity index (χ1n) is 9.72. The summed E-state index contributed by atoms with van der Waals surface area (Å²) in [5.41, 5.74) is 2.08. The van der Waals surface area contributed by atoms with E-state index in [2.05, 4.69) is 69.5 Å². The largest absolute Gasteiger partial charge is 0.359 e. The van der Waals surface area contributed by atoms with Crippen LogP contribution in [0.2, 0.25) is 0 Å². The highest BCUT2D eigenvalue weighted by Gasteiger charge is 2.26. The minimum absolute atomic E-state index is 0. The van der Waals surface area contributed by atoms with Crippen molar-refractivity contribution in [1.82, 2.24) is 16.0 Å². The molecule has 0 fully saturated rings. The molecule has 2 aromatic rings. The van der Waals surface area contributed by atoms with Gasteiger partial charge in [-0.15, -0.1) is 24.0 Å². The topological polar surface area (TPSA) is 65.5 Å². The summed E-state index contributed by atoms with van der Waals surface area (Å²) in [7, 11) is 3.40. The summed E-state index contributed by atoms with van der Waals surface area (Å²) in [5.74, 6) is 1.02. The molecular formula is C23H33IN4O. The van der Waals surface area contributed by atoms with E-state index in [-0.39, 0.29) is 29.9 Å². The van der Waals surface area contributed by atoms with Crippen LogP contribution in [0.5, 0.6) is 0 Å². The fourth-order valence-corrected chi connectivity index (χ4v) is 3.10. The average molecular weight is 508 g/mol. The monoisotopic (exact) mass is 508 g/mol. The highest BCUT2D eigenvalue weighted by atomic mass is 127. The summed E-state index contributed by atoms with van der Waals surface area (Å²) in [6, 6.07) is 21.0. The molecule has 2 aromatic carbocycles. The van der Waals surface area contributed by atoms with Crippen LogP contribution in [0.1, 0.15) is 30.9 Å². The van der Waals surface area contributed by atoms with Gasteiger partial charge in [0.1, 0.15) is 0 Å². The first kappa shape index (κ1) is 24.9. The number of benzene rings is 2. The molecule has 1 atom stereocenters. The molecule has 0 heterocycles. The molecule has 1 unspecified atom stereocenters. The van der Waals surface area contributed by atoms with Crippen molar-refractivity contribution in [2.24, 2.45) is 10.4 Å². The van der Waals surface area contributed by atoms with E-state index >= 15 is 0 Å². The predicted octanol–water partition coefficient (Wildman–Crippen LogP) is 3.57. The number of nitrogens with zero attached hydrogens (tertiary/aromatic N) is 1. The number of rotatable bonds is 8. The van der Waals surface area contributed by atoms with Gasteiger partial charge >= 0.3 is 0 Å². The molecule has 6 heteroatoms. The van der Waals surface area contributed by atoms with Gasteiger partial charge in [-0.25, -0.2) is 0 Å². The second-order valence-electron chi connectivity index (χ2n) is 7.57.